The van der Waals surface area contributed by atoms with E-state index in [9.17, 15) is 0 Å². The molecule has 2 aliphatic heterocycles. The first-order valence-corrected chi connectivity index (χ1v) is 6.57. The van der Waals surface area contributed by atoms with Gasteiger partial charge in [-0.05, 0) is 26.7 Å². The molecule has 0 aliphatic carbocycles. The molecule has 0 N–H and O–H groups in total. The first kappa shape index (κ1) is 10.3. The highest BCUT2D eigenvalue weighted by atomic mass is 15.2. The molecule has 0 atom stereocenters. The Bertz CT molecular complexity index is 392. The van der Waals surface area contributed by atoms with Gasteiger partial charge in [-0.15, -0.1) is 0 Å². The lowest BCUT2D eigenvalue weighted by Crippen LogP contribution is -2.36. The molecule has 1 aromatic heterocycles. The van der Waals surface area contributed by atoms with Crippen LogP contribution in [0.15, 0.2) is 0 Å². The van der Waals surface area contributed by atoms with Crippen molar-refractivity contribution in [2.75, 3.05) is 6.54 Å². The zero-order chi connectivity index (χ0) is 11.1. The maximum Gasteiger partial charge on any atom is 0.109 e. The van der Waals surface area contributed by atoms with Crippen LogP contribution in [-0.4, -0.2) is 27.0 Å². The molecule has 2 aliphatic rings. The molecule has 16 heavy (non-hydrogen) atoms. The molecule has 3 rings (SSSR count). The number of nitrogens with zero attached hydrogens (tertiary/aromatic N) is 3. The first-order chi connectivity index (χ1) is 7.75. The second-order valence-corrected chi connectivity index (χ2v) is 5.34. The summed E-state index contributed by atoms with van der Waals surface area (Å²) < 4.78 is 2.49. The summed E-state index contributed by atoms with van der Waals surface area (Å²) in [7, 11) is 0. The molecule has 0 radical (unpaired) electrons. The average Bonchev–Trinajstić information content (AvgIpc) is 2.66. The van der Waals surface area contributed by atoms with Gasteiger partial charge in [0.1, 0.15) is 5.82 Å². The number of hydrogen-bond donors (Lipinski definition) is 0. The van der Waals surface area contributed by atoms with Gasteiger partial charge < -0.3 is 4.57 Å². The van der Waals surface area contributed by atoms with Gasteiger partial charge in [0, 0.05) is 38.5 Å². The maximum absolute atomic E-state index is 4.82. The molecule has 3 heterocycles. The van der Waals surface area contributed by atoms with Gasteiger partial charge in [-0.3, -0.25) is 4.90 Å². The molecule has 0 aromatic carbocycles. The molecular weight excluding hydrogens is 198 g/mol. The highest BCUT2D eigenvalue weighted by molar-refractivity contribution is 5.21. The maximum atomic E-state index is 4.82. The van der Waals surface area contributed by atoms with Crippen LogP contribution in [0.5, 0.6) is 0 Å². The topological polar surface area (TPSA) is 21.1 Å². The number of hydrogen-bond acceptors (Lipinski definition) is 2. The van der Waals surface area contributed by atoms with Gasteiger partial charge in [0.15, 0.2) is 0 Å². The van der Waals surface area contributed by atoms with E-state index in [4.69, 9.17) is 4.98 Å². The summed E-state index contributed by atoms with van der Waals surface area (Å²) in [4.78, 5) is 7.38. The summed E-state index contributed by atoms with van der Waals surface area (Å²) in [5.41, 5.74) is 2.89. The fraction of sp³-hybridized carbons (Fsp3) is 0.769. The summed E-state index contributed by atoms with van der Waals surface area (Å²) >= 11 is 0. The molecule has 1 aromatic rings. The van der Waals surface area contributed by atoms with Crippen molar-refractivity contribution in [3.8, 4) is 0 Å². The van der Waals surface area contributed by atoms with E-state index < -0.39 is 0 Å². The fourth-order valence-electron chi connectivity index (χ4n) is 2.94. The summed E-state index contributed by atoms with van der Waals surface area (Å²) in [5, 5.41) is 0. The minimum absolute atomic E-state index is 0.655. The Morgan fingerprint density at radius 2 is 2.00 bits per heavy atom. The molecule has 0 spiro atoms. The van der Waals surface area contributed by atoms with Crippen LogP contribution in [0.3, 0.4) is 0 Å². The smallest absolute Gasteiger partial charge is 0.109 e. The van der Waals surface area contributed by atoms with Crippen LogP contribution in [0.25, 0.3) is 0 Å². The average molecular weight is 219 g/mol. The molecule has 0 amide bonds. The van der Waals surface area contributed by atoms with Gasteiger partial charge in [0.25, 0.3) is 0 Å². The van der Waals surface area contributed by atoms with Crippen LogP contribution in [0, 0.1) is 0 Å². The van der Waals surface area contributed by atoms with Crippen molar-refractivity contribution in [1.29, 1.82) is 0 Å². The minimum Gasteiger partial charge on any atom is -0.331 e. The fourth-order valence-corrected chi connectivity index (χ4v) is 2.94. The predicted octanol–water partition coefficient (Wildman–Crippen LogP) is 1.99. The second kappa shape index (κ2) is 3.88. The summed E-state index contributed by atoms with van der Waals surface area (Å²) in [6.07, 6.45) is 4.99. The Hall–Kier alpha value is -0.830. The van der Waals surface area contributed by atoms with Gasteiger partial charge in [-0.1, -0.05) is 0 Å². The third-order valence-electron chi connectivity index (χ3n) is 3.99. The largest absolute Gasteiger partial charge is 0.331 e. The summed E-state index contributed by atoms with van der Waals surface area (Å²) in [6, 6.07) is 0.655. The zero-order valence-corrected chi connectivity index (χ0v) is 10.4. The standard InChI is InChI=1S/C13H21N3/c1-10(2)15-8-6-11-12(9-15)16-7-4-3-5-13(16)14-11/h10H,3-9H2,1-2H3. The third kappa shape index (κ3) is 1.58. The summed E-state index contributed by atoms with van der Waals surface area (Å²) in [5.74, 6) is 1.35. The molecule has 0 bridgehead atoms. The number of aromatic nitrogens is 2. The van der Waals surface area contributed by atoms with Crippen LogP contribution in [0.2, 0.25) is 0 Å². The second-order valence-electron chi connectivity index (χ2n) is 5.34. The Morgan fingerprint density at radius 1 is 1.12 bits per heavy atom. The Morgan fingerprint density at radius 3 is 2.81 bits per heavy atom. The molecule has 0 fully saturated rings. The van der Waals surface area contributed by atoms with E-state index in [1.54, 1.807) is 0 Å². The molecule has 0 saturated carbocycles. The van der Waals surface area contributed by atoms with Gasteiger partial charge in [-0.25, -0.2) is 4.98 Å². The van der Waals surface area contributed by atoms with Crippen LogP contribution >= 0.6 is 0 Å². The van der Waals surface area contributed by atoms with Crippen molar-refractivity contribution < 1.29 is 0 Å². The van der Waals surface area contributed by atoms with Crippen molar-refractivity contribution in [2.24, 2.45) is 0 Å². The number of imidazole rings is 1. The number of fused-ring (bicyclic) bond motifs is 3. The Labute approximate surface area is 97.5 Å². The molecule has 0 saturated heterocycles. The number of rotatable bonds is 1. The van der Waals surface area contributed by atoms with Crippen molar-refractivity contribution in [1.82, 2.24) is 14.5 Å². The normalized spacial score (nSPS) is 20.9. The number of aryl methyl sites for hydroxylation is 1. The van der Waals surface area contributed by atoms with E-state index in [-0.39, 0.29) is 0 Å². The van der Waals surface area contributed by atoms with E-state index in [0.717, 1.165) is 13.0 Å². The van der Waals surface area contributed by atoms with Crippen LogP contribution in [0.1, 0.15) is 43.9 Å². The van der Waals surface area contributed by atoms with E-state index in [2.05, 4.69) is 23.3 Å². The summed E-state index contributed by atoms with van der Waals surface area (Å²) in [6.45, 7) is 8.07. The van der Waals surface area contributed by atoms with Crippen molar-refractivity contribution in [3.05, 3.63) is 17.2 Å². The van der Waals surface area contributed by atoms with Crippen molar-refractivity contribution >= 4 is 0 Å². The minimum atomic E-state index is 0.655. The lowest BCUT2D eigenvalue weighted by molar-refractivity contribution is 0.196. The van der Waals surface area contributed by atoms with Gasteiger partial charge in [-0.2, -0.15) is 0 Å². The predicted molar refractivity (Wildman–Crippen MR) is 64.4 cm³/mol. The SMILES string of the molecule is CC(C)N1CCc2nc3n(c2C1)CCCC3. The van der Waals surface area contributed by atoms with Gasteiger partial charge in [0.2, 0.25) is 0 Å². The van der Waals surface area contributed by atoms with E-state index in [1.807, 2.05) is 0 Å². The van der Waals surface area contributed by atoms with E-state index >= 15 is 0 Å². The lowest BCUT2D eigenvalue weighted by Gasteiger charge is -2.31. The zero-order valence-electron chi connectivity index (χ0n) is 10.4. The highest BCUT2D eigenvalue weighted by Gasteiger charge is 2.25. The third-order valence-corrected chi connectivity index (χ3v) is 3.99. The Balaban J connectivity index is 1.93. The van der Waals surface area contributed by atoms with E-state index in [0.29, 0.717) is 6.04 Å². The van der Waals surface area contributed by atoms with Crippen LogP contribution in [0.4, 0.5) is 0 Å². The van der Waals surface area contributed by atoms with Crippen LogP contribution in [-0.2, 0) is 25.9 Å². The molecular formula is C13H21N3. The van der Waals surface area contributed by atoms with Crippen molar-refractivity contribution in [3.63, 3.8) is 0 Å². The van der Waals surface area contributed by atoms with E-state index in [1.165, 1.54) is 49.6 Å². The highest BCUT2D eigenvalue weighted by Crippen LogP contribution is 2.25. The van der Waals surface area contributed by atoms with Gasteiger partial charge >= 0.3 is 0 Å². The monoisotopic (exact) mass is 219 g/mol. The Kier molecular flexibility index (Phi) is 2.51. The quantitative estimate of drug-likeness (QED) is 0.720. The van der Waals surface area contributed by atoms with Crippen LogP contribution < -0.4 is 0 Å². The lowest BCUT2D eigenvalue weighted by atomic mass is 10.1. The molecule has 0 unspecified atom stereocenters. The first-order valence-electron chi connectivity index (χ1n) is 6.57. The molecule has 3 nitrogen and oxygen atoms in total. The van der Waals surface area contributed by atoms with Gasteiger partial charge in [0.05, 0.1) is 11.4 Å². The van der Waals surface area contributed by atoms with Crippen molar-refractivity contribution in [2.45, 2.75) is 58.7 Å². The molecule has 88 valence electrons. The molecule has 3 heteroatoms.